The van der Waals surface area contributed by atoms with Crippen LogP contribution >= 0.6 is 22.9 Å². The zero-order valence-corrected chi connectivity index (χ0v) is 20.3. The number of benzene rings is 2. The van der Waals surface area contributed by atoms with E-state index in [4.69, 9.17) is 16.9 Å². The predicted molar refractivity (Wildman–Crippen MR) is 120 cm³/mol. The Hall–Kier alpha value is -1.98. The zero-order chi connectivity index (χ0) is 23.2. The second-order valence-electron chi connectivity index (χ2n) is 5.96. The van der Waals surface area contributed by atoms with Crippen LogP contribution < -0.4 is 9.67 Å². The number of aromatic nitrogens is 1. The fourth-order valence-corrected chi connectivity index (χ4v) is 6.61. The first kappa shape index (κ1) is 25.3. The SMILES string of the molecule is C=CCS(=O)(=O)c1nc2ccc(Cl)cc2s1.CC(=O)Nc1ccccc1[As](=O)(O)OO. The molecule has 0 aliphatic carbocycles. The molecule has 0 aliphatic heterocycles. The molecule has 9 nitrogen and oxygen atoms in total. The van der Waals surface area contributed by atoms with E-state index in [0.717, 1.165) is 16.0 Å². The van der Waals surface area contributed by atoms with Crippen molar-refractivity contribution in [2.75, 3.05) is 11.1 Å². The van der Waals surface area contributed by atoms with Crippen LogP contribution in [0.4, 0.5) is 5.69 Å². The Morgan fingerprint density at radius 1 is 1.35 bits per heavy atom. The average molecular weight is 549 g/mol. The number of carbonyl (C=O) groups excluding carboxylic acids is 1. The van der Waals surface area contributed by atoms with Crippen LogP contribution in [-0.4, -0.2) is 48.6 Å². The van der Waals surface area contributed by atoms with E-state index in [9.17, 15) is 21.0 Å². The number of nitrogens with one attached hydrogen (secondary N) is 1. The first-order valence-electron chi connectivity index (χ1n) is 8.43. The summed E-state index contributed by atoms with van der Waals surface area (Å²) < 4.78 is 48.5. The number of fused-ring (bicyclic) bond motifs is 1. The van der Waals surface area contributed by atoms with Crippen molar-refractivity contribution in [1.29, 1.82) is 0 Å². The minimum atomic E-state index is -4.92. The molecule has 3 aromatic rings. The van der Waals surface area contributed by atoms with Crippen LogP contribution in [0.25, 0.3) is 10.2 Å². The van der Waals surface area contributed by atoms with Crippen LogP contribution in [0, 0.1) is 0 Å². The molecule has 166 valence electrons. The number of rotatable bonds is 6. The molecule has 3 N–H and O–H groups in total. The number of thiazole rings is 1. The number of para-hydroxylation sites is 1. The molecular weight excluding hydrogens is 531 g/mol. The second-order valence-corrected chi connectivity index (χ2v) is 13.2. The average Bonchev–Trinajstić information content (AvgIpc) is 3.12. The Morgan fingerprint density at radius 2 is 2.03 bits per heavy atom. The number of sulfone groups is 1. The Morgan fingerprint density at radius 3 is 2.65 bits per heavy atom. The summed E-state index contributed by atoms with van der Waals surface area (Å²) in [4.78, 5) is 14.9. The quantitative estimate of drug-likeness (QED) is 0.185. The minimum absolute atomic E-state index is 0.0967. The molecule has 0 spiro atoms. The molecule has 1 heterocycles. The van der Waals surface area contributed by atoms with Crippen molar-refractivity contribution in [2.24, 2.45) is 0 Å². The molecule has 0 aliphatic rings. The molecule has 0 bridgehead atoms. The van der Waals surface area contributed by atoms with Crippen LogP contribution in [0.15, 0.2) is 59.5 Å². The number of carbonyl (C=O) groups is 1. The number of hydrogen-bond donors (Lipinski definition) is 3. The van der Waals surface area contributed by atoms with Crippen LogP contribution in [0.1, 0.15) is 6.92 Å². The van der Waals surface area contributed by atoms with Crippen LogP contribution in [-0.2, 0) is 22.2 Å². The van der Waals surface area contributed by atoms with E-state index >= 15 is 0 Å². The third-order valence-corrected chi connectivity index (χ3v) is 9.48. The molecule has 1 unspecified atom stereocenters. The van der Waals surface area contributed by atoms with Gasteiger partial charge in [-0.1, -0.05) is 17.7 Å². The monoisotopic (exact) mass is 548 g/mol. The van der Waals surface area contributed by atoms with Gasteiger partial charge in [0.05, 0.1) is 16.0 Å². The molecule has 0 radical (unpaired) electrons. The maximum absolute atomic E-state index is 11.7. The summed E-state index contributed by atoms with van der Waals surface area (Å²) in [5, 5.41) is 11.2. The van der Waals surface area contributed by atoms with E-state index in [1.165, 1.54) is 31.2 Å². The number of amides is 1. The van der Waals surface area contributed by atoms with Gasteiger partial charge in [-0.25, -0.2) is 13.4 Å². The van der Waals surface area contributed by atoms with E-state index in [1.807, 2.05) is 0 Å². The van der Waals surface area contributed by atoms with Gasteiger partial charge in [-0.05, 0) is 18.2 Å². The van der Waals surface area contributed by atoms with Gasteiger partial charge in [0.25, 0.3) is 0 Å². The van der Waals surface area contributed by atoms with Gasteiger partial charge in [-0.2, -0.15) is 0 Å². The summed E-state index contributed by atoms with van der Waals surface area (Å²) in [6, 6.07) is 10.9. The van der Waals surface area contributed by atoms with Gasteiger partial charge in [0.1, 0.15) is 0 Å². The van der Waals surface area contributed by atoms with Gasteiger partial charge in [0, 0.05) is 5.02 Å². The summed E-state index contributed by atoms with van der Waals surface area (Å²) in [6.45, 7) is 4.69. The number of hydrogen-bond acceptors (Lipinski definition) is 8. The number of anilines is 1. The van der Waals surface area contributed by atoms with Crippen molar-refractivity contribution in [3.05, 3.63) is 60.1 Å². The van der Waals surface area contributed by atoms with E-state index in [-0.39, 0.29) is 26.0 Å². The number of halogens is 1. The first-order valence-corrected chi connectivity index (χ1v) is 14.6. The van der Waals surface area contributed by atoms with E-state index in [1.54, 1.807) is 24.3 Å². The van der Waals surface area contributed by atoms with Crippen molar-refractivity contribution in [1.82, 2.24) is 4.98 Å². The summed E-state index contributed by atoms with van der Waals surface area (Å²) in [5.41, 5.74) is 0.807. The van der Waals surface area contributed by atoms with Crippen LogP contribution in [0.2, 0.25) is 5.02 Å². The van der Waals surface area contributed by atoms with Crippen LogP contribution in [0.5, 0.6) is 0 Å². The van der Waals surface area contributed by atoms with E-state index < -0.39 is 24.0 Å². The van der Waals surface area contributed by atoms with Crippen molar-refractivity contribution in [3.8, 4) is 0 Å². The first-order chi connectivity index (χ1) is 14.5. The molecule has 0 saturated heterocycles. The zero-order valence-electron chi connectivity index (χ0n) is 16.1. The molecule has 2 aromatic carbocycles. The van der Waals surface area contributed by atoms with Crippen molar-refractivity contribution >= 4 is 73.1 Å². The Kier molecular flexibility index (Phi) is 8.61. The molecule has 1 aromatic heterocycles. The molecule has 0 saturated carbocycles. The summed E-state index contributed by atoms with van der Waals surface area (Å²) in [5.74, 6) is -0.475. The third-order valence-electron chi connectivity index (χ3n) is 3.56. The third kappa shape index (κ3) is 6.75. The van der Waals surface area contributed by atoms with Gasteiger partial charge >= 0.3 is 88.4 Å². The van der Waals surface area contributed by atoms with Gasteiger partial charge in [0.2, 0.25) is 14.2 Å². The van der Waals surface area contributed by atoms with Crippen molar-refractivity contribution < 1.29 is 30.2 Å². The summed E-state index contributed by atoms with van der Waals surface area (Å²) >= 11 is 2.02. The van der Waals surface area contributed by atoms with Crippen LogP contribution in [0.3, 0.4) is 0 Å². The molecule has 1 atom stereocenters. The predicted octanol–water partition coefficient (Wildman–Crippen LogP) is 2.61. The van der Waals surface area contributed by atoms with Gasteiger partial charge in [-0.15, -0.1) is 17.9 Å². The summed E-state index contributed by atoms with van der Waals surface area (Å²) in [6.07, 6.45) is 1.36. The normalized spacial score (nSPS) is 13.0. The van der Waals surface area contributed by atoms with E-state index in [0.29, 0.717) is 10.5 Å². The van der Waals surface area contributed by atoms with Gasteiger partial charge < -0.3 is 0 Å². The molecular formula is C18H18AsClN2O7S2. The fraction of sp³-hybridized carbons (Fsp3) is 0.111. The van der Waals surface area contributed by atoms with Gasteiger partial charge in [0.15, 0.2) is 0 Å². The summed E-state index contributed by atoms with van der Waals surface area (Å²) in [7, 11) is -3.34. The Balaban J connectivity index is 0.000000221. The second kappa shape index (κ2) is 10.6. The molecule has 31 heavy (non-hydrogen) atoms. The topological polar surface area (TPSA) is 143 Å². The van der Waals surface area contributed by atoms with E-state index in [2.05, 4.69) is 20.8 Å². The standard InChI is InChI=1S/C10H8ClNO2S2.C8H10AsNO5/c1-2-5-16(13,14)10-12-8-4-3-7(11)6-9(8)15-10;1-6(11)10-8-5-3-2-4-7(8)9(12,13)15-14/h2-4,6H,1,5H2;2-5,14H,1H3,(H,10,11)(H,12,13). The van der Waals surface area contributed by atoms with Gasteiger partial charge in [-0.3, -0.25) is 0 Å². The van der Waals surface area contributed by atoms with Crippen molar-refractivity contribution in [3.63, 3.8) is 0 Å². The van der Waals surface area contributed by atoms with Crippen molar-refractivity contribution in [2.45, 2.75) is 11.3 Å². The fourth-order valence-electron chi connectivity index (χ4n) is 2.30. The molecule has 1 amide bonds. The Labute approximate surface area is 190 Å². The molecule has 0 fully saturated rings. The Bertz CT molecular complexity index is 1260. The molecule has 13 heteroatoms. The maximum atomic E-state index is 11.7. The molecule has 3 rings (SSSR count). The number of nitrogens with zero attached hydrogens (tertiary/aromatic N) is 1.